The molecule has 112 valence electrons. The van der Waals surface area contributed by atoms with Crippen molar-refractivity contribution >= 4 is 23.3 Å². The molecule has 1 aromatic heterocycles. The summed E-state index contributed by atoms with van der Waals surface area (Å²) >= 11 is 6.07. The van der Waals surface area contributed by atoms with Gasteiger partial charge >= 0.3 is 0 Å². The van der Waals surface area contributed by atoms with Crippen molar-refractivity contribution in [3.05, 3.63) is 22.8 Å². The fraction of sp³-hybridized carbons (Fsp3) is 0.538. The normalized spacial score (nSPS) is 12.3. The van der Waals surface area contributed by atoms with E-state index >= 15 is 0 Å². The van der Waals surface area contributed by atoms with E-state index in [2.05, 4.69) is 10.4 Å². The van der Waals surface area contributed by atoms with Gasteiger partial charge in [0, 0.05) is 19.1 Å². The van der Waals surface area contributed by atoms with Gasteiger partial charge in [-0.05, 0) is 40.1 Å². The van der Waals surface area contributed by atoms with Crippen molar-refractivity contribution in [3.8, 4) is 0 Å². The third kappa shape index (κ3) is 4.06. The number of rotatable bonds is 6. The van der Waals surface area contributed by atoms with Crippen molar-refractivity contribution in [2.24, 2.45) is 5.84 Å². The molecule has 1 unspecified atom stereocenters. The summed E-state index contributed by atoms with van der Waals surface area (Å²) in [6, 6.07) is 3.30. The van der Waals surface area contributed by atoms with Gasteiger partial charge in [0.1, 0.15) is 11.5 Å². The predicted octanol–water partition coefficient (Wildman–Crippen LogP) is 1.43. The van der Waals surface area contributed by atoms with E-state index in [0.29, 0.717) is 17.4 Å². The first kappa shape index (κ1) is 16.7. The van der Waals surface area contributed by atoms with Crippen molar-refractivity contribution in [3.63, 3.8) is 0 Å². The highest BCUT2D eigenvalue weighted by Gasteiger charge is 2.23. The standard InChI is InChI=1S/C13H22ClN5O/c1-5-19(9(2)8-18(3)4)13(20)12-10(14)6-7-11(16-12)17-15/h6-7,9H,5,8,15H2,1-4H3,(H,16,17). The first-order chi connectivity index (χ1) is 9.40. The Morgan fingerprint density at radius 3 is 2.65 bits per heavy atom. The van der Waals surface area contributed by atoms with Gasteiger partial charge in [0.2, 0.25) is 0 Å². The summed E-state index contributed by atoms with van der Waals surface area (Å²) in [7, 11) is 3.94. The molecule has 0 spiro atoms. The third-order valence-corrected chi connectivity index (χ3v) is 3.26. The minimum atomic E-state index is -0.191. The van der Waals surface area contributed by atoms with Crippen molar-refractivity contribution < 1.29 is 4.79 Å². The van der Waals surface area contributed by atoms with Gasteiger partial charge in [-0.2, -0.15) is 0 Å². The Morgan fingerprint density at radius 2 is 2.15 bits per heavy atom. The molecular weight excluding hydrogens is 278 g/mol. The second-order valence-corrected chi connectivity index (χ2v) is 5.28. The van der Waals surface area contributed by atoms with Gasteiger partial charge < -0.3 is 15.2 Å². The Labute approximate surface area is 124 Å². The van der Waals surface area contributed by atoms with Crippen molar-refractivity contribution in [1.29, 1.82) is 0 Å². The lowest BCUT2D eigenvalue weighted by Gasteiger charge is -2.30. The number of pyridine rings is 1. The van der Waals surface area contributed by atoms with Gasteiger partial charge in [-0.1, -0.05) is 11.6 Å². The number of nitrogens with zero attached hydrogens (tertiary/aromatic N) is 3. The topological polar surface area (TPSA) is 74.5 Å². The van der Waals surface area contributed by atoms with Crippen LogP contribution < -0.4 is 11.3 Å². The summed E-state index contributed by atoms with van der Waals surface area (Å²) in [6.07, 6.45) is 0. The highest BCUT2D eigenvalue weighted by molar-refractivity contribution is 6.33. The van der Waals surface area contributed by atoms with Crippen LogP contribution in [0.5, 0.6) is 0 Å². The smallest absolute Gasteiger partial charge is 0.274 e. The van der Waals surface area contributed by atoms with Crippen LogP contribution >= 0.6 is 11.6 Å². The molecule has 0 aliphatic heterocycles. The molecule has 1 heterocycles. The number of hydrazine groups is 1. The molecule has 3 N–H and O–H groups in total. The van der Waals surface area contributed by atoms with Crippen LogP contribution in [0.3, 0.4) is 0 Å². The predicted molar refractivity (Wildman–Crippen MR) is 81.8 cm³/mol. The molecule has 6 nitrogen and oxygen atoms in total. The van der Waals surface area contributed by atoms with Crippen LogP contribution in [0, 0.1) is 0 Å². The van der Waals surface area contributed by atoms with Crippen LogP contribution in [0.15, 0.2) is 12.1 Å². The number of nitrogens with two attached hydrogens (primary N) is 1. The summed E-state index contributed by atoms with van der Waals surface area (Å²) in [4.78, 5) is 20.5. The molecule has 0 bridgehead atoms. The molecule has 1 atom stereocenters. The largest absolute Gasteiger partial charge is 0.334 e. The Bertz CT molecular complexity index is 466. The monoisotopic (exact) mass is 299 g/mol. The number of carbonyl (C=O) groups excluding carboxylic acids is 1. The van der Waals surface area contributed by atoms with Crippen LogP contribution in [-0.4, -0.2) is 53.9 Å². The highest BCUT2D eigenvalue weighted by Crippen LogP contribution is 2.19. The first-order valence-corrected chi connectivity index (χ1v) is 6.87. The summed E-state index contributed by atoms with van der Waals surface area (Å²) < 4.78 is 0. The zero-order valence-electron chi connectivity index (χ0n) is 12.4. The molecule has 0 fully saturated rings. The second kappa shape index (κ2) is 7.42. The number of anilines is 1. The van der Waals surface area contributed by atoms with Crippen LogP contribution in [0.2, 0.25) is 5.02 Å². The van der Waals surface area contributed by atoms with E-state index in [1.54, 1.807) is 17.0 Å². The van der Waals surface area contributed by atoms with Gasteiger partial charge in [0.25, 0.3) is 5.91 Å². The number of amides is 1. The van der Waals surface area contributed by atoms with Gasteiger partial charge in [0.05, 0.1) is 5.02 Å². The maximum Gasteiger partial charge on any atom is 0.274 e. The average Bonchev–Trinajstić information content (AvgIpc) is 2.39. The maximum atomic E-state index is 12.6. The molecule has 20 heavy (non-hydrogen) atoms. The van der Waals surface area contributed by atoms with Crippen molar-refractivity contribution in [2.75, 3.05) is 32.6 Å². The molecule has 7 heteroatoms. The number of hydrogen-bond donors (Lipinski definition) is 2. The van der Waals surface area contributed by atoms with Gasteiger partial charge in [-0.3, -0.25) is 4.79 Å². The first-order valence-electron chi connectivity index (χ1n) is 6.49. The zero-order chi connectivity index (χ0) is 15.3. The van der Waals surface area contributed by atoms with E-state index in [1.165, 1.54) is 0 Å². The number of halogens is 1. The van der Waals surface area contributed by atoms with Crippen LogP contribution in [0.25, 0.3) is 0 Å². The van der Waals surface area contributed by atoms with Crippen LogP contribution in [-0.2, 0) is 0 Å². The van der Waals surface area contributed by atoms with Gasteiger partial charge in [-0.15, -0.1) is 0 Å². The van der Waals surface area contributed by atoms with Crippen molar-refractivity contribution in [1.82, 2.24) is 14.8 Å². The Kier molecular flexibility index (Phi) is 6.19. The Morgan fingerprint density at radius 1 is 1.50 bits per heavy atom. The second-order valence-electron chi connectivity index (χ2n) is 4.87. The fourth-order valence-electron chi connectivity index (χ4n) is 2.09. The molecule has 0 aliphatic rings. The van der Waals surface area contributed by atoms with Crippen molar-refractivity contribution in [2.45, 2.75) is 19.9 Å². The maximum absolute atomic E-state index is 12.6. The number of nitrogens with one attached hydrogen (secondary N) is 1. The Hall–Kier alpha value is -1.37. The average molecular weight is 300 g/mol. The minimum Gasteiger partial charge on any atom is -0.334 e. The molecular formula is C13H22ClN5O. The van der Waals surface area contributed by atoms with E-state index < -0.39 is 0 Å². The molecule has 0 aromatic carbocycles. The lowest BCUT2D eigenvalue weighted by Crippen LogP contribution is -2.44. The third-order valence-electron chi connectivity index (χ3n) is 2.96. The van der Waals surface area contributed by atoms with E-state index in [9.17, 15) is 4.79 Å². The highest BCUT2D eigenvalue weighted by atomic mass is 35.5. The SMILES string of the molecule is CCN(C(=O)c1nc(NN)ccc1Cl)C(C)CN(C)C. The number of nitrogen functional groups attached to an aromatic ring is 1. The quantitative estimate of drug-likeness (QED) is 0.614. The van der Waals surface area contributed by atoms with E-state index in [-0.39, 0.29) is 17.6 Å². The van der Waals surface area contributed by atoms with Gasteiger partial charge in [0.15, 0.2) is 0 Å². The zero-order valence-corrected chi connectivity index (χ0v) is 13.1. The molecule has 1 rings (SSSR count). The fourth-order valence-corrected chi connectivity index (χ4v) is 2.28. The summed E-state index contributed by atoms with van der Waals surface area (Å²) in [5, 5.41) is 0.324. The summed E-state index contributed by atoms with van der Waals surface area (Å²) in [6.45, 7) is 5.29. The number of likely N-dealkylation sites (N-methyl/N-ethyl adjacent to an activating group) is 2. The van der Waals surface area contributed by atoms with Gasteiger partial charge in [-0.25, -0.2) is 10.8 Å². The molecule has 0 radical (unpaired) electrons. The van der Waals surface area contributed by atoms with E-state index in [1.807, 2.05) is 32.8 Å². The minimum absolute atomic E-state index is 0.0647. The Balaban J connectivity index is 3.01. The lowest BCUT2D eigenvalue weighted by atomic mass is 10.2. The molecule has 1 aromatic rings. The van der Waals surface area contributed by atoms with E-state index in [4.69, 9.17) is 17.4 Å². The summed E-state index contributed by atoms with van der Waals surface area (Å²) in [5.74, 6) is 5.54. The molecule has 0 saturated heterocycles. The van der Waals surface area contributed by atoms with Crippen LogP contribution in [0.1, 0.15) is 24.3 Å². The number of carbonyl (C=O) groups is 1. The number of hydrogen-bond acceptors (Lipinski definition) is 5. The summed E-state index contributed by atoms with van der Waals surface area (Å²) in [5.41, 5.74) is 2.64. The molecule has 1 amide bonds. The van der Waals surface area contributed by atoms with E-state index in [0.717, 1.165) is 6.54 Å². The van der Waals surface area contributed by atoms with Crippen LogP contribution in [0.4, 0.5) is 5.82 Å². The molecule has 0 saturated carbocycles. The molecule has 0 aliphatic carbocycles. The number of aromatic nitrogens is 1. The lowest BCUT2D eigenvalue weighted by molar-refractivity contribution is 0.0673.